The number of nitrogens with one attached hydrogen (secondary N) is 1. The number of aromatic amines is 1. The number of alkyl halides is 3. The topological polar surface area (TPSA) is 70.8 Å². The Morgan fingerprint density at radius 1 is 1.43 bits per heavy atom. The van der Waals surface area contributed by atoms with Crippen molar-refractivity contribution in [2.24, 2.45) is 0 Å². The second-order valence-electron chi connectivity index (χ2n) is 5.45. The first kappa shape index (κ1) is 18.0. The van der Waals surface area contributed by atoms with E-state index in [2.05, 4.69) is 20.1 Å². The molecule has 2 aromatic heterocycles. The Kier molecular flexibility index (Phi) is 5.53. The second kappa shape index (κ2) is 7.06. The summed E-state index contributed by atoms with van der Waals surface area (Å²) in [5.74, 6) is 0.0441. The third-order valence-electron chi connectivity index (χ3n) is 3.78. The van der Waals surface area contributed by atoms with Crippen LogP contribution in [0.15, 0.2) is 12.3 Å². The van der Waals surface area contributed by atoms with Crippen molar-refractivity contribution in [1.29, 1.82) is 0 Å². The Hall–Kier alpha value is -1.32. The fourth-order valence-corrected chi connectivity index (χ4v) is 3.49. The molecule has 10 heteroatoms. The number of anilines is 1. The molecule has 1 saturated heterocycles. The number of nitrogens with two attached hydrogens (primary N) is 1. The highest BCUT2D eigenvalue weighted by molar-refractivity contribution is 7.15. The minimum atomic E-state index is -4.40. The van der Waals surface area contributed by atoms with Gasteiger partial charge in [-0.2, -0.15) is 18.3 Å². The van der Waals surface area contributed by atoms with E-state index >= 15 is 0 Å². The van der Waals surface area contributed by atoms with Gasteiger partial charge in [0.2, 0.25) is 0 Å². The molecule has 0 saturated carbocycles. The maximum atomic E-state index is 12.6. The van der Waals surface area contributed by atoms with Crippen LogP contribution in [0.5, 0.6) is 0 Å². The van der Waals surface area contributed by atoms with Crippen molar-refractivity contribution in [2.75, 3.05) is 18.8 Å². The quantitative estimate of drug-likeness (QED) is 0.873. The molecule has 128 valence electrons. The summed E-state index contributed by atoms with van der Waals surface area (Å²) in [5, 5.41) is 6.46. The van der Waals surface area contributed by atoms with E-state index in [-0.39, 0.29) is 18.3 Å². The molecule has 3 rings (SSSR count). The number of likely N-dealkylation sites (tertiary alicyclic amines) is 1. The number of nitrogen functional groups attached to an aromatic ring is 1. The summed E-state index contributed by atoms with van der Waals surface area (Å²) in [5.41, 5.74) is 5.32. The fraction of sp³-hybridized carbons (Fsp3) is 0.538. The smallest absolute Gasteiger partial charge is 0.375 e. The molecule has 0 bridgehead atoms. The number of H-pyrrole nitrogens is 1. The van der Waals surface area contributed by atoms with E-state index in [1.165, 1.54) is 11.3 Å². The van der Waals surface area contributed by atoms with Crippen molar-refractivity contribution in [3.05, 3.63) is 28.5 Å². The maximum Gasteiger partial charge on any atom is 0.435 e. The highest BCUT2D eigenvalue weighted by Gasteiger charge is 2.35. The zero-order valence-corrected chi connectivity index (χ0v) is 13.8. The average Bonchev–Trinajstić information content (AvgIpc) is 3.08. The van der Waals surface area contributed by atoms with Gasteiger partial charge in [-0.15, -0.1) is 23.7 Å². The predicted molar refractivity (Wildman–Crippen MR) is 84.6 cm³/mol. The van der Waals surface area contributed by atoms with Crippen LogP contribution in [0.25, 0.3) is 0 Å². The number of hydrogen-bond acceptors (Lipinski definition) is 5. The van der Waals surface area contributed by atoms with Gasteiger partial charge in [0.15, 0.2) is 10.8 Å². The minimum Gasteiger partial charge on any atom is -0.375 e. The summed E-state index contributed by atoms with van der Waals surface area (Å²) in [6.45, 7) is 2.36. The van der Waals surface area contributed by atoms with Gasteiger partial charge in [0.25, 0.3) is 0 Å². The van der Waals surface area contributed by atoms with E-state index in [9.17, 15) is 13.2 Å². The highest BCUT2D eigenvalue weighted by Crippen LogP contribution is 2.32. The van der Waals surface area contributed by atoms with Crippen LogP contribution in [0.2, 0.25) is 0 Å². The van der Waals surface area contributed by atoms with Crippen LogP contribution in [0.4, 0.5) is 18.3 Å². The molecule has 1 aliphatic rings. The summed E-state index contributed by atoms with van der Waals surface area (Å²) in [6, 6.07) is 1.12. The van der Waals surface area contributed by atoms with Crippen molar-refractivity contribution in [2.45, 2.75) is 31.5 Å². The summed E-state index contributed by atoms with van der Waals surface area (Å²) in [7, 11) is 0. The van der Waals surface area contributed by atoms with Crippen LogP contribution in [-0.4, -0.2) is 33.2 Å². The van der Waals surface area contributed by atoms with E-state index < -0.39 is 11.9 Å². The van der Waals surface area contributed by atoms with Crippen LogP contribution in [-0.2, 0) is 12.7 Å². The van der Waals surface area contributed by atoms with Gasteiger partial charge in [-0.3, -0.25) is 10.00 Å². The summed E-state index contributed by atoms with van der Waals surface area (Å²) < 4.78 is 37.9. The van der Waals surface area contributed by atoms with Crippen LogP contribution in [0.1, 0.15) is 35.0 Å². The van der Waals surface area contributed by atoms with E-state index in [1.807, 2.05) is 0 Å². The molecule has 1 fully saturated rings. The lowest BCUT2D eigenvalue weighted by Crippen LogP contribution is -2.33. The number of aromatic nitrogens is 3. The molecule has 23 heavy (non-hydrogen) atoms. The van der Waals surface area contributed by atoms with Gasteiger partial charge in [0, 0.05) is 35.8 Å². The number of thiazole rings is 1. The maximum absolute atomic E-state index is 12.6. The zero-order valence-electron chi connectivity index (χ0n) is 12.1. The standard InChI is InChI=1S/C13H16F3N5S.ClH/c14-13(15,16)11-4-10(19-20-11)8-2-1-3-21(6-8)7-9-5-18-12(17)22-9;/h4-5,8H,1-3,6-7H2,(H2,17,18)(H,19,20);1H. The van der Waals surface area contributed by atoms with Gasteiger partial charge < -0.3 is 5.73 Å². The van der Waals surface area contributed by atoms with Crippen LogP contribution in [0.3, 0.4) is 0 Å². The van der Waals surface area contributed by atoms with Gasteiger partial charge in [-0.25, -0.2) is 4.98 Å². The zero-order chi connectivity index (χ0) is 15.7. The van der Waals surface area contributed by atoms with Crippen molar-refractivity contribution in [3.8, 4) is 0 Å². The molecule has 1 atom stereocenters. The fourth-order valence-electron chi connectivity index (χ4n) is 2.76. The molecule has 0 aromatic carbocycles. The summed E-state index contributed by atoms with van der Waals surface area (Å²) in [4.78, 5) is 7.30. The molecule has 0 spiro atoms. The van der Waals surface area contributed by atoms with E-state index in [1.54, 1.807) is 6.20 Å². The number of nitrogens with zero attached hydrogens (tertiary/aromatic N) is 3. The summed E-state index contributed by atoms with van der Waals surface area (Å²) >= 11 is 1.44. The highest BCUT2D eigenvalue weighted by atomic mass is 35.5. The molecule has 1 aliphatic heterocycles. The Balaban J connectivity index is 0.00000192. The van der Waals surface area contributed by atoms with Gasteiger partial charge >= 0.3 is 6.18 Å². The first-order valence-electron chi connectivity index (χ1n) is 6.97. The Morgan fingerprint density at radius 3 is 2.83 bits per heavy atom. The third kappa shape index (κ3) is 4.36. The average molecular weight is 368 g/mol. The largest absolute Gasteiger partial charge is 0.435 e. The monoisotopic (exact) mass is 367 g/mol. The first-order chi connectivity index (χ1) is 10.4. The van der Waals surface area contributed by atoms with Gasteiger partial charge in [-0.1, -0.05) is 0 Å². The minimum absolute atomic E-state index is 0. The lowest BCUT2D eigenvalue weighted by molar-refractivity contribution is -0.141. The number of rotatable bonds is 3. The normalized spacial score (nSPS) is 19.5. The predicted octanol–water partition coefficient (Wildman–Crippen LogP) is 3.27. The molecule has 2 aromatic rings. The molecule has 0 amide bonds. The molecule has 3 N–H and O–H groups in total. The van der Waals surface area contributed by atoms with Crippen LogP contribution >= 0.6 is 23.7 Å². The van der Waals surface area contributed by atoms with Crippen molar-refractivity contribution in [3.63, 3.8) is 0 Å². The second-order valence-corrected chi connectivity index (χ2v) is 6.59. The Morgan fingerprint density at radius 2 is 2.22 bits per heavy atom. The molecule has 0 aliphatic carbocycles. The van der Waals surface area contributed by atoms with E-state index in [0.717, 1.165) is 36.9 Å². The molecular weight excluding hydrogens is 351 g/mol. The van der Waals surface area contributed by atoms with Crippen molar-refractivity contribution in [1.82, 2.24) is 20.1 Å². The molecule has 5 nitrogen and oxygen atoms in total. The van der Waals surface area contributed by atoms with Crippen molar-refractivity contribution >= 4 is 28.9 Å². The number of hydrogen-bond donors (Lipinski definition) is 2. The van der Waals surface area contributed by atoms with Gasteiger partial charge in [-0.05, 0) is 25.5 Å². The van der Waals surface area contributed by atoms with Gasteiger partial charge in [0.1, 0.15) is 0 Å². The van der Waals surface area contributed by atoms with Crippen LogP contribution in [0, 0.1) is 0 Å². The number of piperidine rings is 1. The SMILES string of the molecule is Cl.Nc1ncc(CN2CCCC(c3cc(C(F)(F)F)n[nH]3)C2)s1. The van der Waals surface area contributed by atoms with Gasteiger partial charge in [0.05, 0.1) is 0 Å². The first-order valence-corrected chi connectivity index (χ1v) is 7.78. The Labute approximate surface area is 141 Å². The Bertz CT molecular complexity index is 642. The third-order valence-corrected chi connectivity index (χ3v) is 4.60. The lowest BCUT2D eigenvalue weighted by atomic mass is 9.94. The molecular formula is C13H17ClF3N5S. The van der Waals surface area contributed by atoms with E-state index in [0.29, 0.717) is 17.4 Å². The van der Waals surface area contributed by atoms with E-state index in [4.69, 9.17) is 5.73 Å². The number of halogens is 4. The summed E-state index contributed by atoms with van der Waals surface area (Å²) in [6.07, 6.45) is -0.842. The van der Waals surface area contributed by atoms with Crippen LogP contribution < -0.4 is 5.73 Å². The molecule has 1 unspecified atom stereocenters. The molecule has 0 radical (unpaired) electrons. The molecule has 3 heterocycles. The van der Waals surface area contributed by atoms with Crippen molar-refractivity contribution < 1.29 is 13.2 Å². The lowest BCUT2D eigenvalue weighted by Gasteiger charge is -2.31.